The van der Waals surface area contributed by atoms with Gasteiger partial charge in [0.2, 0.25) is 5.91 Å². The first-order chi connectivity index (χ1) is 12.2. The van der Waals surface area contributed by atoms with E-state index in [2.05, 4.69) is 46.8 Å². The van der Waals surface area contributed by atoms with Crippen LogP contribution in [0.5, 0.6) is 0 Å². The van der Waals surface area contributed by atoms with Gasteiger partial charge in [-0.3, -0.25) is 4.79 Å². The minimum atomic E-state index is 0.312. The van der Waals surface area contributed by atoms with Crippen molar-refractivity contribution in [1.29, 1.82) is 0 Å². The van der Waals surface area contributed by atoms with Gasteiger partial charge in [-0.25, -0.2) is 0 Å². The van der Waals surface area contributed by atoms with Gasteiger partial charge in [0.1, 0.15) is 0 Å². The van der Waals surface area contributed by atoms with Crippen LogP contribution in [0.2, 0.25) is 0 Å². The van der Waals surface area contributed by atoms with Crippen LogP contribution in [-0.4, -0.2) is 53.4 Å². The topological polar surface area (TPSA) is 39.3 Å². The van der Waals surface area contributed by atoms with Crippen LogP contribution in [0.25, 0.3) is 10.9 Å². The van der Waals surface area contributed by atoms with Crippen LogP contribution < -0.4 is 0 Å². The van der Waals surface area contributed by atoms with Crippen molar-refractivity contribution in [1.82, 2.24) is 14.8 Å². The van der Waals surface area contributed by atoms with E-state index in [1.54, 1.807) is 0 Å². The molecule has 0 bridgehead atoms. The quantitative estimate of drug-likeness (QED) is 0.834. The second-order valence-electron chi connectivity index (χ2n) is 7.17. The molecular formula is C21H31N3O. The summed E-state index contributed by atoms with van der Waals surface area (Å²) in [5.41, 5.74) is 2.41. The summed E-state index contributed by atoms with van der Waals surface area (Å²) in [5.74, 6) is 1.06. The van der Waals surface area contributed by atoms with Gasteiger partial charge in [-0.2, -0.15) is 0 Å². The number of H-pyrrole nitrogens is 1. The van der Waals surface area contributed by atoms with E-state index in [4.69, 9.17) is 0 Å². The van der Waals surface area contributed by atoms with E-state index < -0.39 is 0 Å². The molecule has 0 atom stereocenters. The molecule has 0 spiro atoms. The lowest BCUT2D eigenvalue weighted by Crippen LogP contribution is -2.41. The van der Waals surface area contributed by atoms with Gasteiger partial charge in [-0.1, -0.05) is 32.0 Å². The highest BCUT2D eigenvalue weighted by Crippen LogP contribution is 2.22. The smallest absolute Gasteiger partial charge is 0.222 e. The maximum atomic E-state index is 12.6. The maximum absolute atomic E-state index is 12.6. The minimum absolute atomic E-state index is 0.312. The summed E-state index contributed by atoms with van der Waals surface area (Å²) >= 11 is 0. The van der Waals surface area contributed by atoms with E-state index in [0.717, 1.165) is 56.9 Å². The number of hydrogen-bond acceptors (Lipinski definition) is 2. The maximum Gasteiger partial charge on any atom is 0.222 e. The van der Waals surface area contributed by atoms with Crippen LogP contribution in [-0.2, 0) is 11.2 Å². The average molecular weight is 341 g/mol. The number of carbonyl (C=O) groups is 1. The molecule has 1 fully saturated rings. The number of nitrogens with one attached hydrogen (secondary N) is 1. The third-order valence-corrected chi connectivity index (χ3v) is 5.66. The second kappa shape index (κ2) is 8.52. The molecule has 3 rings (SSSR count). The third kappa shape index (κ3) is 4.43. The number of aromatic amines is 1. The van der Waals surface area contributed by atoms with Gasteiger partial charge in [0.05, 0.1) is 0 Å². The Balaban J connectivity index is 1.47. The molecule has 4 nitrogen and oxygen atoms in total. The Morgan fingerprint density at radius 1 is 1.20 bits per heavy atom. The third-order valence-electron chi connectivity index (χ3n) is 5.66. The molecule has 1 aromatic heterocycles. The lowest BCUT2D eigenvalue weighted by molar-refractivity contribution is -0.132. The fourth-order valence-corrected chi connectivity index (χ4v) is 3.95. The summed E-state index contributed by atoms with van der Waals surface area (Å²) in [5, 5.41) is 1.24. The summed E-state index contributed by atoms with van der Waals surface area (Å²) in [7, 11) is 0. The molecular weight excluding hydrogens is 310 g/mol. The van der Waals surface area contributed by atoms with E-state index in [0.29, 0.717) is 12.3 Å². The van der Waals surface area contributed by atoms with Crippen molar-refractivity contribution >= 4 is 16.8 Å². The summed E-state index contributed by atoms with van der Waals surface area (Å²) < 4.78 is 0. The summed E-state index contributed by atoms with van der Waals surface area (Å²) in [6.07, 6.45) is 5.78. The monoisotopic (exact) mass is 341 g/mol. The van der Waals surface area contributed by atoms with Crippen molar-refractivity contribution in [2.75, 3.05) is 32.7 Å². The Bertz CT molecular complexity index is 681. The van der Waals surface area contributed by atoms with Crippen molar-refractivity contribution in [2.45, 2.75) is 39.5 Å². The molecule has 1 aromatic carbocycles. The fraction of sp³-hybridized carbons (Fsp3) is 0.571. The van der Waals surface area contributed by atoms with Gasteiger partial charge in [0, 0.05) is 43.2 Å². The first-order valence-corrected chi connectivity index (χ1v) is 9.76. The van der Waals surface area contributed by atoms with Gasteiger partial charge < -0.3 is 14.8 Å². The Hall–Kier alpha value is -1.81. The van der Waals surface area contributed by atoms with E-state index in [9.17, 15) is 4.79 Å². The largest absolute Gasteiger partial charge is 0.361 e. The number of amides is 1. The van der Waals surface area contributed by atoms with Crippen molar-refractivity contribution in [2.24, 2.45) is 5.92 Å². The van der Waals surface area contributed by atoms with Gasteiger partial charge >= 0.3 is 0 Å². The summed E-state index contributed by atoms with van der Waals surface area (Å²) in [6, 6.07) is 8.31. The SMILES string of the molecule is CCN(CC)CC1CCN(C(=O)CCc2c[nH]c3ccccc23)CC1. The number of piperidine rings is 1. The molecule has 1 amide bonds. The van der Waals surface area contributed by atoms with E-state index in [1.165, 1.54) is 17.5 Å². The van der Waals surface area contributed by atoms with Crippen LogP contribution in [0.3, 0.4) is 0 Å². The first kappa shape index (κ1) is 18.0. The minimum Gasteiger partial charge on any atom is -0.361 e. The molecule has 0 radical (unpaired) electrons. The summed E-state index contributed by atoms with van der Waals surface area (Å²) in [4.78, 5) is 20.4. The number of carbonyl (C=O) groups excluding carboxylic acids is 1. The number of benzene rings is 1. The van der Waals surface area contributed by atoms with Crippen LogP contribution in [0.1, 0.15) is 38.7 Å². The summed E-state index contributed by atoms with van der Waals surface area (Å²) in [6.45, 7) is 9.75. The molecule has 1 N–H and O–H groups in total. The predicted octanol–water partition coefficient (Wildman–Crippen LogP) is 3.68. The number of fused-ring (bicyclic) bond motifs is 1. The van der Waals surface area contributed by atoms with Crippen LogP contribution in [0, 0.1) is 5.92 Å². The zero-order valence-electron chi connectivity index (χ0n) is 15.6. The molecule has 0 unspecified atom stereocenters. The number of nitrogens with zero attached hydrogens (tertiary/aromatic N) is 2. The average Bonchev–Trinajstić information content (AvgIpc) is 3.08. The highest BCUT2D eigenvalue weighted by Gasteiger charge is 2.23. The van der Waals surface area contributed by atoms with Crippen molar-refractivity contribution < 1.29 is 4.79 Å². The van der Waals surface area contributed by atoms with Gasteiger partial charge in [-0.05, 0) is 49.9 Å². The number of hydrogen-bond donors (Lipinski definition) is 1. The molecule has 25 heavy (non-hydrogen) atoms. The first-order valence-electron chi connectivity index (χ1n) is 9.76. The van der Waals surface area contributed by atoms with Gasteiger partial charge in [0.25, 0.3) is 0 Å². The van der Waals surface area contributed by atoms with Gasteiger partial charge in [0.15, 0.2) is 0 Å². The molecule has 1 saturated heterocycles. The number of para-hydroxylation sites is 1. The van der Waals surface area contributed by atoms with Crippen molar-refractivity contribution in [3.63, 3.8) is 0 Å². The Morgan fingerprint density at radius 2 is 1.92 bits per heavy atom. The number of rotatable bonds is 7. The molecule has 1 aliphatic heterocycles. The highest BCUT2D eigenvalue weighted by molar-refractivity contribution is 5.84. The van der Waals surface area contributed by atoms with Crippen LogP contribution in [0.15, 0.2) is 30.5 Å². The molecule has 1 aliphatic rings. The molecule has 4 heteroatoms. The standard InChI is InChI=1S/C21H31N3O/c1-3-23(4-2)16-17-11-13-24(14-12-17)21(25)10-9-18-15-22-20-8-6-5-7-19(18)20/h5-8,15,17,22H,3-4,9-14,16H2,1-2H3. The van der Waals surface area contributed by atoms with Crippen LogP contribution >= 0.6 is 0 Å². The Morgan fingerprint density at radius 3 is 2.64 bits per heavy atom. The van der Waals surface area contributed by atoms with Gasteiger partial charge in [-0.15, -0.1) is 0 Å². The lowest BCUT2D eigenvalue weighted by atomic mass is 9.95. The van der Waals surface area contributed by atoms with Crippen LogP contribution in [0.4, 0.5) is 0 Å². The molecule has 0 aliphatic carbocycles. The van der Waals surface area contributed by atoms with E-state index >= 15 is 0 Å². The normalized spacial score (nSPS) is 16.0. The van der Waals surface area contributed by atoms with Crippen molar-refractivity contribution in [3.05, 3.63) is 36.0 Å². The zero-order valence-corrected chi connectivity index (χ0v) is 15.6. The lowest BCUT2D eigenvalue weighted by Gasteiger charge is -2.34. The highest BCUT2D eigenvalue weighted by atomic mass is 16.2. The molecule has 0 saturated carbocycles. The number of likely N-dealkylation sites (tertiary alicyclic amines) is 1. The van der Waals surface area contributed by atoms with Crippen molar-refractivity contribution in [3.8, 4) is 0 Å². The number of aromatic nitrogens is 1. The fourth-order valence-electron chi connectivity index (χ4n) is 3.95. The Kier molecular flexibility index (Phi) is 6.14. The number of aryl methyl sites for hydroxylation is 1. The second-order valence-corrected chi connectivity index (χ2v) is 7.17. The molecule has 2 aromatic rings. The van der Waals surface area contributed by atoms with E-state index in [-0.39, 0.29) is 0 Å². The zero-order chi connectivity index (χ0) is 17.6. The predicted molar refractivity (Wildman–Crippen MR) is 104 cm³/mol. The Labute approximate surface area is 151 Å². The molecule has 136 valence electrons. The van der Waals surface area contributed by atoms with E-state index in [1.807, 2.05) is 12.3 Å². The molecule has 2 heterocycles.